The Bertz CT molecular complexity index is 475. The molecule has 0 amide bonds. The Kier molecular flexibility index (Phi) is 2.65. The summed E-state index contributed by atoms with van der Waals surface area (Å²) in [6.07, 6.45) is 0.441. The molecular formula is C13H15N3O. The number of carbonyl (C=O) groups excluding carboxylic acids is 1. The van der Waals surface area contributed by atoms with Crippen molar-refractivity contribution in [2.24, 2.45) is 4.99 Å². The van der Waals surface area contributed by atoms with Gasteiger partial charge in [0.25, 0.3) is 0 Å². The van der Waals surface area contributed by atoms with Gasteiger partial charge in [0, 0.05) is 31.7 Å². The molecule has 0 spiro atoms. The third kappa shape index (κ3) is 1.96. The number of para-hydroxylation sites is 1. The molecule has 0 bridgehead atoms. The molecule has 1 N–H and O–H groups in total. The summed E-state index contributed by atoms with van der Waals surface area (Å²) in [5.74, 6) is 1.11. The number of hydrogen-bond donors (Lipinski definition) is 1. The van der Waals surface area contributed by atoms with E-state index < -0.39 is 0 Å². The van der Waals surface area contributed by atoms with Gasteiger partial charge in [0.2, 0.25) is 0 Å². The van der Waals surface area contributed by atoms with Crippen LogP contribution in [0.1, 0.15) is 16.8 Å². The average molecular weight is 229 g/mol. The Morgan fingerprint density at radius 3 is 2.76 bits per heavy atom. The molecule has 1 aromatic carbocycles. The van der Waals surface area contributed by atoms with Crippen LogP contribution >= 0.6 is 0 Å². The van der Waals surface area contributed by atoms with E-state index in [0.717, 1.165) is 43.3 Å². The van der Waals surface area contributed by atoms with Crippen molar-refractivity contribution in [3.05, 3.63) is 29.8 Å². The second kappa shape index (κ2) is 4.30. The van der Waals surface area contributed by atoms with Gasteiger partial charge in [0.05, 0.1) is 12.1 Å². The summed E-state index contributed by atoms with van der Waals surface area (Å²) in [6.45, 7) is 3.81. The Morgan fingerprint density at radius 2 is 1.94 bits per heavy atom. The lowest BCUT2D eigenvalue weighted by molar-refractivity contribution is 0.0995. The van der Waals surface area contributed by atoms with Crippen LogP contribution < -0.4 is 5.32 Å². The highest BCUT2D eigenvalue weighted by atomic mass is 16.1. The predicted molar refractivity (Wildman–Crippen MR) is 66.9 cm³/mol. The van der Waals surface area contributed by atoms with E-state index in [1.807, 2.05) is 24.3 Å². The minimum Gasteiger partial charge on any atom is -0.357 e. The number of aliphatic imine (C=N–C) groups is 1. The summed E-state index contributed by atoms with van der Waals surface area (Å²) in [5, 5.41) is 3.30. The van der Waals surface area contributed by atoms with Gasteiger partial charge in [-0.25, -0.2) is 4.99 Å². The van der Waals surface area contributed by atoms with E-state index in [1.54, 1.807) is 0 Å². The van der Waals surface area contributed by atoms with Gasteiger partial charge in [-0.15, -0.1) is 0 Å². The maximum Gasteiger partial charge on any atom is 0.172 e. The smallest absolute Gasteiger partial charge is 0.172 e. The molecule has 17 heavy (non-hydrogen) atoms. The monoisotopic (exact) mass is 229 g/mol. The molecule has 0 saturated carbocycles. The van der Waals surface area contributed by atoms with Crippen LogP contribution in [0.4, 0.5) is 5.69 Å². The number of nitrogens with zero attached hydrogens (tertiary/aromatic N) is 2. The topological polar surface area (TPSA) is 44.7 Å². The molecule has 0 aliphatic carbocycles. The fourth-order valence-electron chi connectivity index (χ4n) is 2.33. The molecule has 0 unspecified atom stereocenters. The average Bonchev–Trinajstić information content (AvgIpc) is 2.40. The highest BCUT2D eigenvalue weighted by molar-refractivity contribution is 6.15. The van der Waals surface area contributed by atoms with Gasteiger partial charge in [-0.3, -0.25) is 4.79 Å². The zero-order valence-electron chi connectivity index (χ0n) is 9.65. The van der Waals surface area contributed by atoms with E-state index in [0.29, 0.717) is 6.42 Å². The van der Waals surface area contributed by atoms with Gasteiger partial charge in [0.15, 0.2) is 5.78 Å². The molecule has 1 fully saturated rings. The number of amidine groups is 1. The maximum absolute atomic E-state index is 12.0. The zero-order chi connectivity index (χ0) is 11.7. The normalized spacial score (nSPS) is 19.9. The Labute approximate surface area is 100 Å². The van der Waals surface area contributed by atoms with Gasteiger partial charge in [0.1, 0.15) is 5.84 Å². The highest BCUT2D eigenvalue weighted by Gasteiger charge is 2.23. The zero-order valence-corrected chi connectivity index (χ0v) is 9.65. The van der Waals surface area contributed by atoms with Crippen molar-refractivity contribution >= 4 is 17.3 Å². The van der Waals surface area contributed by atoms with Crippen molar-refractivity contribution in [2.75, 3.05) is 26.2 Å². The van der Waals surface area contributed by atoms with E-state index in [2.05, 4.69) is 15.2 Å². The lowest BCUT2D eigenvalue weighted by Crippen LogP contribution is -2.47. The van der Waals surface area contributed by atoms with E-state index in [1.165, 1.54) is 0 Å². The van der Waals surface area contributed by atoms with E-state index in [4.69, 9.17) is 0 Å². The molecule has 0 atom stereocenters. The number of fused-ring (bicyclic) bond motifs is 1. The number of benzene rings is 1. The number of carbonyl (C=O) groups is 1. The van der Waals surface area contributed by atoms with Crippen LogP contribution in [0, 0.1) is 0 Å². The summed E-state index contributed by atoms with van der Waals surface area (Å²) in [7, 11) is 0. The number of nitrogens with one attached hydrogen (secondary N) is 1. The molecule has 1 saturated heterocycles. The van der Waals surface area contributed by atoms with Crippen molar-refractivity contribution in [1.82, 2.24) is 10.2 Å². The summed E-state index contributed by atoms with van der Waals surface area (Å²) >= 11 is 0. The Hall–Kier alpha value is -1.68. The Morgan fingerprint density at radius 1 is 1.18 bits per heavy atom. The maximum atomic E-state index is 12.0. The van der Waals surface area contributed by atoms with Gasteiger partial charge in [-0.05, 0) is 12.1 Å². The number of Topliss-reactive ketones (excluding diaryl/α,β-unsaturated/α-hetero) is 1. The van der Waals surface area contributed by atoms with Crippen LogP contribution in [0.15, 0.2) is 29.3 Å². The predicted octanol–water partition coefficient (Wildman–Crippen LogP) is 1.21. The number of piperazine rings is 1. The third-order valence-electron chi connectivity index (χ3n) is 3.25. The lowest BCUT2D eigenvalue weighted by atomic mass is 10.0. The minimum atomic E-state index is 0.184. The Balaban J connectivity index is 1.93. The SMILES string of the molecule is O=C1CC(N2CCNCC2)=Nc2ccccc21. The molecular weight excluding hydrogens is 214 g/mol. The standard InChI is InChI=1S/C13H15N3O/c17-12-9-13(16-7-5-14-6-8-16)15-11-4-2-1-3-10(11)12/h1-4,14H,5-9H2. The van der Waals surface area contributed by atoms with Crippen LogP contribution in [-0.2, 0) is 0 Å². The molecule has 3 rings (SSSR count). The van der Waals surface area contributed by atoms with Crippen LogP contribution in [0.25, 0.3) is 0 Å². The first-order valence-corrected chi connectivity index (χ1v) is 6.00. The molecule has 4 nitrogen and oxygen atoms in total. The molecule has 2 aliphatic heterocycles. The van der Waals surface area contributed by atoms with Crippen molar-refractivity contribution in [3.8, 4) is 0 Å². The third-order valence-corrected chi connectivity index (χ3v) is 3.25. The lowest BCUT2D eigenvalue weighted by Gasteiger charge is -2.31. The van der Waals surface area contributed by atoms with Crippen LogP contribution in [0.2, 0.25) is 0 Å². The van der Waals surface area contributed by atoms with Gasteiger partial charge >= 0.3 is 0 Å². The van der Waals surface area contributed by atoms with E-state index in [-0.39, 0.29) is 5.78 Å². The van der Waals surface area contributed by atoms with E-state index in [9.17, 15) is 4.79 Å². The molecule has 1 aromatic rings. The van der Waals surface area contributed by atoms with Crippen molar-refractivity contribution < 1.29 is 4.79 Å². The van der Waals surface area contributed by atoms with Gasteiger partial charge in [-0.1, -0.05) is 12.1 Å². The fraction of sp³-hybridized carbons (Fsp3) is 0.385. The summed E-state index contributed by atoms with van der Waals surface area (Å²) in [4.78, 5) is 18.8. The second-order valence-corrected chi connectivity index (χ2v) is 4.38. The van der Waals surface area contributed by atoms with Crippen LogP contribution in [-0.4, -0.2) is 42.7 Å². The van der Waals surface area contributed by atoms with Crippen LogP contribution in [0.3, 0.4) is 0 Å². The second-order valence-electron chi connectivity index (χ2n) is 4.38. The highest BCUT2D eigenvalue weighted by Crippen LogP contribution is 2.26. The van der Waals surface area contributed by atoms with Crippen LogP contribution in [0.5, 0.6) is 0 Å². The van der Waals surface area contributed by atoms with Gasteiger partial charge in [-0.2, -0.15) is 0 Å². The fourth-order valence-corrected chi connectivity index (χ4v) is 2.33. The molecule has 2 heterocycles. The summed E-state index contributed by atoms with van der Waals surface area (Å²) in [6, 6.07) is 7.59. The number of ketones is 1. The number of rotatable bonds is 0. The summed E-state index contributed by atoms with van der Waals surface area (Å²) < 4.78 is 0. The van der Waals surface area contributed by atoms with E-state index >= 15 is 0 Å². The van der Waals surface area contributed by atoms with Crippen molar-refractivity contribution in [2.45, 2.75) is 6.42 Å². The quantitative estimate of drug-likeness (QED) is 0.727. The minimum absolute atomic E-state index is 0.184. The first-order valence-electron chi connectivity index (χ1n) is 6.00. The number of hydrogen-bond acceptors (Lipinski definition) is 4. The molecule has 4 heteroatoms. The molecule has 88 valence electrons. The van der Waals surface area contributed by atoms with Crippen molar-refractivity contribution in [1.29, 1.82) is 0 Å². The summed E-state index contributed by atoms with van der Waals surface area (Å²) in [5.41, 5.74) is 1.57. The first-order chi connectivity index (χ1) is 8.34. The van der Waals surface area contributed by atoms with Gasteiger partial charge < -0.3 is 10.2 Å². The largest absolute Gasteiger partial charge is 0.357 e. The molecule has 0 aromatic heterocycles. The van der Waals surface area contributed by atoms with Crippen molar-refractivity contribution in [3.63, 3.8) is 0 Å². The first kappa shape index (κ1) is 10.5. The molecule has 0 radical (unpaired) electrons. The molecule has 2 aliphatic rings.